The van der Waals surface area contributed by atoms with E-state index in [1.54, 1.807) is 16.7 Å². The molecule has 12 rings (SSSR count). The van der Waals surface area contributed by atoms with Crippen molar-refractivity contribution in [2.45, 2.75) is 304 Å². The molecule has 8 fully saturated rings. The van der Waals surface area contributed by atoms with Crippen LogP contribution in [0.5, 0.6) is 11.5 Å². The lowest BCUT2D eigenvalue weighted by atomic mass is 9.43. The molecule has 0 heterocycles. The largest absolute Gasteiger partial charge is 0.494 e. The topological polar surface area (TPSA) is 55.8 Å². The third-order valence-corrected chi connectivity index (χ3v) is 26.7. The van der Waals surface area contributed by atoms with Gasteiger partial charge in [0.05, 0.1) is 19.3 Å². The Bertz CT molecular complexity index is 2350. The summed E-state index contributed by atoms with van der Waals surface area (Å²) in [6.07, 6.45) is 35.3. The van der Waals surface area contributed by atoms with Gasteiger partial charge in [0, 0.05) is 17.4 Å². The van der Waals surface area contributed by atoms with Crippen LogP contribution in [0, 0.1) is 106 Å². The van der Waals surface area contributed by atoms with Crippen molar-refractivity contribution in [2.24, 2.45) is 98.6 Å². The van der Waals surface area contributed by atoms with Crippen molar-refractivity contribution < 1.29 is 19.4 Å². The molecule has 0 aliphatic heterocycles. The van der Waals surface area contributed by atoms with E-state index in [4.69, 9.17) is 9.47 Å². The minimum Gasteiger partial charge on any atom is -0.494 e. The number of fused-ring (bicyclic) bond motifs is 15. The number of aliphatic hydroxyl groups excluding tert-OH is 1. The average Bonchev–Trinajstić information content (AvgIpc) is 1.64. The molecule has 9 unspecified atom stereocenters. The van der Waals surface area contributed by atoms with E-state index >= 15 is 0 Å². The summed E-state index contributed by atoms with van der Waals surface area (Å²) < 4.78 is 12.0. The Morgan fingerprint density at radius 2 is 1.29 bits per heavy atom. The standard InChI is InChI=1S/C29H52O.C24H36O.C21H28O2.4CH4/c1-7-21-18-29(6)22(17-27(21)30)11-12-23-25-14-13-24(20(4)10-8-9-19(2)3)28(25,5)16-15-26(23)29;1-5-15-25-22-12-7-16(3)18-9-10-19-20(23(18)22)13-14-24(4)17(6-2)8-11-21(19)24;1-3-12-23-15-5-7-16-14(13-15)4-6-18-17(16)10-11-21(2)19(18)8-9-20(21)22;;;;/h19-27,30H,7-18H2,1-6H3;7,12,17,19-21H,5-6,8-11,13-15H2,1-4H3;5,7,13,17-19H,3-4,6,8-12H2,1-2H3;4*1H4/t20?,21-,22?,23+,24-,25+,26+,27-,28-,29+;17?,19?,20?,21?,24-;17?,18?,19?,21-;;;;/m110..../s1. The average molecular weight is 1130 g/mol. The van der Waals surface area contributed by atoms with Gasteiger partial charge in [0.25, 0.3) is 0 Å². The van der Waals surface area contributed by atoms with Crippen LogP contribution in [-0.4, -0.2) is 30.2 Å². The number of aliphatic hydroxyl groups is 1. The van der Waals surface area contributed by atoms with Crippen LogP contribution in [0.15, 0.2) is 30.3 Å². The first-order valence-electron chi connectivity index (χ1n) is 34.2. The van der Waals surface area contributed by atoms with E-state index in [-0.39, 0.29) is 41.2 Å². The first kappa shape index (κ1) is 68.8. The number of benzene rings is 2. The Kier molecular flexibility index (Phi) is 23.7. The summed E-state index contributed by atoms with van der Waals surface area (Å²) in [5, 5.41) is 10.7. The van der Waals surface area contributed by atoms with E-state index in [1.165, 1.54) is 139 Å². The van der Waals surface area contributed by atoms with Crippen molar-refractivity contribution >= 4 is 5.78 Å². The Morgan fingerprint density at radius 3 is 2.01 bits per heavy atom. The van der Waals surface area contributed by atoms with E-state index in [0.29, 0.717) is 39.8 Å². The number of ketones is 1. The minimum absolute atomic E-state index is 0. The quantitative estimate of drug-likeness (QED) is 0.217. The molecule has 8 saturated carbocycles. The van der Waals surface area contributed by atoms with Gasteiger partial charge in [-0.3, -0.25) is 4.79 Å². The van der Waals surface area contributed by atoms with Crippen LogP contribution in [0.4, 0.5) is 0 Å². The molecule has 10 aliphatic carbocycles. The van der Waals surface area contributed by atoms with Gasteiger partial charge in [-0.2, -0.15) is 0 Å². The molecule has 4 heteroatoms. The first-order chi connectivity index (χ1) is 37.4. The van der Waals surface area contributed by atoms with Gasteiger partial charge in [-0.05, 0) is 287 Å². The molecule has 0 saturated heterocycles. The van der Waals surface area contributed by atoms with Gasteiger partial charge in [-0.1, -0.05) is 150 Å². The van der Waals surface area contributed by atoms with Gasteiger partial charge in [-0.15, -0.1) is 0 Å². The number of hydrogen-bond donors (Lipinski definition) is 1. The van der Waals surface area contributed by atoms with Crippen LogP contribution in [0.25, 0.3) is 0 Å². The van der Waals surface area contributed by atoms with Crippen LogP contribution >= 0.6 is 0 Å². The fourth-order valence-electron chi connectivity index (χ4n) is 22.5. The number of hydrogen-bond acceptors (Lipinski definition) is 4. The molecular formula is C78H132O4. The van der Waals surface area contributed by atoms with E-state index in [9.17, 15) is 9.90 Å². The highest BCUT2D eigenvalue weighted by Gasteiger charge is 2.62. The van der Waals surface area contributed by atoms with Crippen LogP contribution < -0.4 is 9.47 Å². The smallest absolute Gasteiger partial charge is 0.139 e. The zero-order valence-electron chi connectivity index (χ0n) is 52.3. The fraction of sp³-hybridized carbons (Fsp3) is 0.833. The lowest BCUT2D eigenvalue weighted by Gasteiger charge is -2.62. The van der Waals surface area contributed by atoms with Crippen molar-refractivity contribution in [2.75, 3.05) is 13.2 Å². The Morgan fingerprint density at radius 1 is 0.622 bits per heavy atom. The molecule has 82 heavy (non-hydrogen) atoms. The number of carbonyl (C=O) groups excluding carboxylic acids is 1. The second-order valence-corrected chi connectivity index (χ2v) is 30.7. The summed E-state index contributed by atoms with van der Waals surface area (Å²) >= 11 is 0. The Labute approximate surface area is 508 Å². The summed E-state index contributed by atoms with van der Waals surface area (Å²) in [6.45, 7) is 30.6. The van der Waals surface area contributed by atoms with Crippen molar-refractivity contribution in [1.82, 2.24) is 0 Å². The van der Waals surface area contributed by atoms with Gasteiger partial charge in [0.1, 0.15) is 17.3 Å². The highest BCUT2D eigenvalue weighted by atomic mass is 16.5. The summed E-state index contributed by atoms with van der Waals surface area (Å²) in [4.78, 5) is 12.4. The highest BCUT2D eigenvalue weighted by Crippen LogP contribution is 2.70. The molecule has 0 spiro atoms. The second-order valence-electron chi connectivity index (χ2n) is 30.7. The third kappa shape index (κ3) is 12.6. The van der Waals surface area contributed by atoms with Crippen molar-refractivity contribution in [3.05, 3.63) is 58.1 Å². The van der Waals surface area contributed by atoms with Gasteiger partial charge >= 0.3 is 0 Å². The van der Waals surface area contributed by atoms with Crippen molar-refractivity contribution in [1.29, 1.82) is 0 Å². The molecule has 2 aromatic rings. The predicted molar refractivity (Wildman–Crippen MR) is 352 cm³/mol. The molecule has 4 nitrogen and oxygen atoms in total. The summed E-state index contributed by atoms with van der Waals surface area (Å²) in [5.74, 6) is 15.3. The molecule has 0 amide bonds. The van der Waals surface area contributed by atoms with Crippen molar-refractivity contribution in [3.63, 3.8) is 0 Å². The van der Waals surface area contributed by atoms with Crippen LogP contribution in [0.2, 0.25) is 0 Å². The maximum atomic E-state index is 12.4. The maximum absolute atomic E-state index is 12.4. The maximum Gasteiger partial charge on any atom is 0.139 e. The zero-order valence-corrected chi connectivity index (χ0v) is 52.3. The lowest BCUT2D eigenvalue weighted by Crippen LogP contribution is -2.55. The van der Waals surface area contributed by atoms with Gasteiger partial charge < -0.3 is 14.6 Å². The number of ether oxygens (including phenoxy) is 2. The number of aryl methyl sites for hydroxylation is 2. The van der Waals surface area contributed by atoms with Crippen molar-refractivity contribution in [3.8, 4) is 11.5 Å². The zero-order chi connectivity index (χ0) is 55.3. The third-order valence-electron chi connectivity index (χ3n) is 26.7. The number of Topliss-reactive ketones (excluding diaryl/α,β-unsaturated/α-hetero) is 1. The highest BCUT2D eigenvalue weighted by molar-refractivity contribution is 5.87. The summed E-state index contributed by atoms with van der Waals surface area (Å²) in [6, 6.07) is 11.3. The molecule has 468 valence electrons. The van der Waals surface area contributed by atoms with Crippen LogP contribution in [-0.2, 0) is 17.6 Å². The van der Waals surface area contributed by atoms with E-state index in [1.807, 2.05) is 0 Å². The molecule has 0 aromatic heterocycles. The predicted octanol–water partition coefficient (Wildman–Crippen LogP) is 22.2. The van der Waals surface area contributed by atoms with E-state index in [0.717, 1.165) is 141 Å². The van der Waals surface area contributed by atoms with E-state index in [2.05, 4.69) is 113 Å². The minimum atomic E-state index is -0.0268. The Balaban J connectivity index is 0.000000195. The summed E-state index contributed by atoms with van der Waals surface area (Å²) in [7, 11) is 0. The fourth-order valence-corrected chi connectivity index (χ4v) is 22.5. The number of rotatable bonds is 13. The SMILES string of the molecule is C.C.C.C.CCCOc1ccc(C)c2c1C1CC[C@]3(C)C(CC)CCC3C1CC2.CCCOc1ccc2c(c1)CCC1C2CC[C@]2(C)C(=O)CCC12.CC[C@@H]1C[C@@]2(C)C(CC[C@H]3[C@@H]4CC[C@H](C(C)CCCC(C)C)[C@@]4(C)CC[C@@H]32)C[C@H]1O. The normalized spacial score (nSPS) is 39.1. The molecule has 0 bridgehead atoms. The van der Waals surface area contributed by atoms with Gasteiger partial charge in [0.15, 0.2) is 0 Å². The monoisotopic (exact) mass is 1130 g/mol. The lowest BCUT2D eigenvalue weighted by molar-refractivity contribution is -0.145. The van der Waals surface area contributed by atoms with E-state index < -0.39 is 0 Å². The van der Waals surface area contributed by atoms with Crippen LogP contribution in [0.3, 0.4) is 0 Å². The molecule has 0 radical (unpaired) electrons. The molecule has 2 aromatic carbocycles. The number of carbonyl (C=O) groups is 1. The van der Waals surface area contributed by atoms with Crippen LogP contribution in [0.1, 0.15) is 306 Å². The molecule has 10 aliphatic rings. The first-order valence-corrected chi connectivity index (χ1v) is 34.2. The van der Waals surface area contributed by atoms with Gasteiger partial charge in [0.2, 0.25) is 0 Å². The van der Waals surface area contributed by atoms with Gasteiger partial charge in [-0.25, -0.2) is 0 Å². The second kappa shape index (κ2) is 28.2. The summed E-state index contributed by atoms with van der Waals surface area (Å²) in [5.41, 5.74) is 9.49. The molecule has 1 N–H and O–H groups in total. The molecular weight excluding hydrogens is 1000 g/mol. The molecule has 19 atom stereocenters. The Hall–Kier alpha value is -2.33.